The van der Waals surface area contributed by atoms with Crippen molar-refractivity contribution in [3.63, 3.8) is 0 Å². The van der Waals surface area contributed by atoms with Crippen LogP contribution in [0, 0.1) is 0 Å². The summed E-state index contributed by atoms with van der Waals surface area (Å²) in [4.78, 5) is 10.4. The van der Waals surface area contributed by atoms with Crippen molar-refractivity contribution in [2.45, 2.75) is 0 Å². The van der Waals surface area contributed by atoms with Crippen molar-refractivity contribution in [3.8, 4) is 78.7 Å². The van der Waals surface area contributed by atoms with E-state index in [1.807, 2.05) is 36.4 Å². The fourth-order valence-corrected chi connectivity index (χ4v) is 8.90. The van der Waals surface area contributed by atoms with Crippen LogP contribution in [0.5, 0.6) is 0 Å². The highest BCUT2D eigenvalue weighted by atomic mass is 16.3. The third-order valence-electron chi connectivity index (χ3n) is 11.8. The first-order valence-corrected chi connectivity index (χ1v) is 20.9. The predicted molar refractivity (Wildman–Crippen MR) is 254 cm³/mol. The zero-order valence-electron chi connectivity index (χ0n) is 33.5. The molecule has 5 nitrogen and oxygen atoms in total. The number of hydrogen-bond acceptors (Lipinski definition) is 4. The quantitative estimate of drug-likeness (QED) is 0.161. The van der Waals surface area contributed by atoms with Gasteiger partial charge in [0.1, 0.15) is 16.9 Å². The topological polar surface area (TPSA) is 56.2 Å². The lowest BCUT2D eigenvalue weighted by Crippen LogP contribution is -1.96. The van der Waals surface area contributed by atoms with Gasteiger partial charge >= 0.3 is 0 Å². The smallest absolute Gasteiger partial charge is 0.160 e. The lowest BCUT2D eigenvalue weighted by molar-refractivity contribution is 0.669. The molecule has 0 spiro atoms. The van der Waals surface area contributed by atoms with E-state index in [2.05, 4.69) is 187 Å². The van der Waals surface area contributed by atoms with Gasteiger partial charge in [-0.3, -0.25) is 0 Å². The molecular formula is C57H36N4O. The summed E-state index contributed by atoms with van der Waals surface area (Å²) >= 11 is 0. The number of nitrogens with zero attached hydrogens (tertiary/aromatic N) is 4. The van der Waals surface area contributed by atoms with Crippen LogP contribution in [0.4, 0.5) is 0 Å². The van der Waals surface area contributed by atoms with Crippen molar-refractivity contribution in [3.05, 3.63) is 218 Å². The Bertz CT molecular complexity index is 3610. The Morgan fingerprint density at radius 1 is 0.387 bits per heavy atom. The molecule has 290 valence electrons. The van der Waals surface area contributed by atoms with Gasteiger partial charge in [0.15, 0.2) is 5.82 Å². The molecule has 0 N–H and O–H groups in total. The number of pyridine rings is 1. The summed E-state index contributed by atoms with van der Waals surface area (Å²) in [6.45, 7) is 0. The van der Waals surface area contributed by atoms with Gasteiger partial charge in [-0.05, 0) is 52.4 Å². The van der Waals surface area contributed by atoms with Gasteiger partial charge in [-0.2, -0.15) is 5.10 Å². The summed E-state index contributed by atoms with van der Waals surface area (Å²) in [5.74, 6) is 0.671. The molecule has 62 heavy (non-hydrogen) atoms. The van der Waals surface area contributed by atoms with Crippen LogP contribution in [0.1, 0.15) is 0 Å². The molecule has 4 aromatic heterocycles. The minimum Gasteiger partial charge on any atom is -0.456 e. The standard InChI is InChI=1S/C57H36N4O/c1-4-16-38(17-5-1)50-35-43-22-10-11-25-46(43)56-53(55(60-61(50)56)40-18-6-2-7-19-40)39-32-30-37(31-33-39)48-36-49(59-57(58-48)41-20-8-3-9-21-41)44-24-14-23-42(34-44)45-27-15-29-52-54(45)47-26-12-13-28-51(47)62-52/h1-36H. The highest BCUT2D eigenvalue weighted by Crippen LogP contribution is 2.42. The Morgan fingerprint density at radius 3 is 1.74 bits per heavy atom. The van der Waals surface area contributed by atoms with Crippen molar-refractivity contribution < 1.29 is 4.42 Å². The number of hydrogen-bond donors (Lipinski definition) is 0. The zero-order valence-corrected chi connectivity index (χ0v) is 33.5. The second-order valence-corrected chi connectivity index (χ2v) is 15.6. The van der Waals surface area contributed by atoms with Crippen molar-refractivity contribution in [1.29, 1.82) is 0 Å². The Labute approximate surface area is 357 Å². The third-order valence-corrected chi connectivity index (χ3v) is 11.8. The molecule has 12 aromatic rings. The lowest BCUT2D eigenvalue weighted by Gasteiger charge is -2.12. The van der Waals surface area contributed by atoms with Gasteiger partial charge in [-0.1, -0.05) is 188 Å². The maximum Gasteiger partial charge on any atom is 0.160 e. The summed E-state index contributed by atoms with van der Waals surface area (Å²) < 4.78 is 8.39. The summed E-state index contributed by atoms with van der Waals surface area (Å²) in [6, 6.07) is 76.1. The fraction of sp³-hybridized carbons (Fsp3) is 0. The van der Waals surface area contributed by atoms with E-state index >= 15 is 0 Å². The Balaban J connectivity index is 1.01. The second-order valence-electron chi connectivity index (χ2n) is 15.6. The maximum atomic E-state index is 6.26. The predicted octanol–water partition coefficient (Wildman–Crippen LogP) is 14.8. The van der Waals surface area contributed by atoms with Gasteiger partial charge < -0.3 is 4.42 Å². The van der Waals surface area contributed by atoms with Crippen LogP contribution in [0.25, 0.3) is 117 Å². The molecule has 4 heterocycles. The molecule has 0 unspecified atom stereocenters. The molecule has 0 aliphatic carbocycles. The molecule has 8 aromatic carbocycles. The Hall–Kier alpha value is -8.41. The lowest BCUT2D eigenvalue weighted by atomic mass is 9.95. The van der Waals surface area contributed by atoms with Crippen LogP contribution in [-0.2, 0) is 0 Å². The molecule has 5 heteroatoms. The summed E-state index contributed by atoms with van der Waals surface area (Å²) in [6.07, 6.45) is 0. The molecule has 0 aliphatic heterocycles. The first-order chi connectivity index (χ1) is 30.7. The molecule has 0 atom stereocenters. The number of rotatable bonds is 7. The number of para-hydroxylation sites is 1. The van der Waals surface area contributed by atoms with Gasteiger partial charge in [0.25, 0.3) is 0 Å². The van der Waals surface area contributed by atoms with Crippen molar-refractivity contribution in [2.24, 2.45) is 0 Å². The van der Waals surface area contributed by atoms with Gasteiger partial charge in [0.05, 0.1) is 22.6 Å². The van der Waals surface area contributed by atoms with E-state index in [0.717, 1.165) is 111 Å². The SMILES string of the molecule is c1ccc(-c2nc(-c3ccc(-c4c(-c5ccccc5)nn5c(-c6ccccc6)cc6ccccc6c45)cc3)cc(-c3cccc(-c4cccc5oc6ccccc6c45)c3)n2)cc1. The normalized spacial score (nSPS) is 11.5. The van der Waals surface area contributed by atoms with E-state index in [0.29, 0.717) is 5.82 Å². The number of fused-ring (bicyclic) bond motifs is 6. The van der Waals surface area contributed by atoms with Crippen molar-refractivity contribution in [1.82, 2.24) is 19.6 Å². The molecule has 12 rings (SSSR count). The minimum absolute atomic E-state index is 0.671. The van der Waals surface area contributed by atoms with Crippen molar-refractivity contribution in [2.75, 3.05) is 0 Å². The second kappa shape index (κ2) is 14.7. The van der Waals surface area contributed by atoms with E-state index in [1.54, 1.807) is 0 Å². The van der Waals surface area contributed by atoms with Gasteiger partial charge in [0, 0.05) is 49.5 Å². The van der Waals surface area contributed by atoms with Crippen LogP contribution < -0.4 is 0 Å². The zero-order chi connectivity index (χ0) is 41.0. The molecule has 0 amide bonds. The highest BCUT2D eigenvalue weighted by Gasteiger charge is 2.22. The molecule has 0 saturated carbocycles. The summed E-state index contributed by atoms with van der Waals surface area (Å²) in [7, 11) is 0. The van der Waals surface area contributed by atoms with Crippen LogP contribution in [0.3, 0.4) is 0 Å². The van der Waals surface area contributed by atoms with Gasteiger partial charge in [-0.15, -0.1) is 0 Å². The van der Waals surface area contributed by atoms with Gasteiger partial charge in [0.2, 0.25) is 0 Å². The number of aromatic nitrogens is 4. The van der Waals surface area contributed by atoms with Crippen LogP contribution in [0.2, 0.25) is 0 Å². The Morgan fingerprint density at radius 2 is 0.968 bits per heavy atom. The molecule has 0 radical (unpaired) electrons. The largest absolute Gasteiger partial charge is 0.456 e. The number of furan rings is 1. The van der Waals surface area contributed by atoms with Crippen molar-refractivity contribution >= 4 is 38.2 Å². The van der Waals surface area contributed by atoms with E-state index in [1.165, 1.54) is 0 Å². The summed E-state index contributed by atoms with van der Waals surface area (Å²) in [5, 5.41) is 9.93. The minimum atomic E-state index is 0.671. The van der Waals surface area contributed by atoms with E-state index < -0.39 is 0 Å². The third kappa shape index (κ3) is 6.06. The van der Waals surface area contributed by atoms with E-state index in [9.17, 15) is 0 Å². The number of benzene rings is 8. The molecular weight excluding hydrogens is 757 g/mol. The molecule has 0 bridgehead atoms. The average Bonchev–Trinajstić information content (AvgIpc) is 3.95. The average molecular weight is 793 g/mol. The monoisotopic (exact) mass is 792 g/mol. The Kier molecular flexibility index (Phi) is 8.42. The van der Waals surface area contributed by atoms with Crippen LogP contribution >= 0.6 is 0 Å². The van der Waals surface area contributed by atoms with E-state index in [-0.39, 0.29) is 0 Å². The molecule has 0 aliphatic rings. The van der Waals surface area contributed by atoms with Gasteiger partial charge in [-0.25, -0.2) is 14.5 Å². The fourth-order valence-electron chi connectivity index (χ4n) is 8.90. The first-order valence-electron chi connectivity index (χ1n) is 20.9. The summed E-state index contributed by atoms with van der Waals surface area (Å²) in [5.41, 5.74) is 16.0. The maximum absolute atomic E-state index is 6.26. The van der Waals surface area contributed by atoms with Crippen LogP contribution in [0.15, 0.2) is 223 Å². The first kappa shape index (κ1) is 35.5. The molecule has 0 fully saturated rings. The highest BCUT2D eigenvalue weighted by molar-refractivity contribution is 6.12. The van der Waals surface area contributed by atoms with E-state index in [4.69, 9.17) is 19.5 Å². The van der Waals surface area contributed by atoms with Crippen LogP contribution in [-0.4, -0.2) is 19.6 Å². The molecule has 0 saturated heterocycles.